The minimum Gasteiger partial charge on any atom is -0.353 e. The fraction of sp³-hybridized carbons (Fsp3) is 0. The zero-order chi connectivity index (χ0) is 18.2. The molecule has 0 saturated carbocycles. The molecular formula is C26H15NS. The number of hydrogen-bond donors (Lipinski definition) is 1. The molecule has 5 aromatic carbocycles. The first-order valence-corrected chi connectivity index (χ1v) is 10.4. The van der Waals surface area contributed by atoms with E-state index in [0.29, 0.717) is 0 Å². The molecule has 0 aliphatic rings. The van der Waals surface area contributed by atoms with Crippen LogP contribution in [0.15, 0.2) is 84.9 Å². The monoisotopic (exact) mass is 373 g/mol. The Morgan fingerprint density at radius 1 is 0.500 bits per heavy atom. The van der Waals surface area contributed by atoms with E-state index < -0.39 is 0 Å². The molecule has 0 radical (unpaired) electrons. The normalized spacial score (nSPS) is 12.3. The van der Waals surface area contributed by atoms with Crippen LogP contribution in [0.2, 0.25) is 0 Å². The van der Waals surface area contributed by atoms with Crippen molar-refractivity contribution in [3.05, 3.63) is 84.9 Å². The highest BCUT2D eigenvalue weighted by Gasteiger charge is 2.18. The molecule has 0 unspecified atom stereocenters. The Kier molecular flexibility index (Phi) is 2.68. The van der Waals surface area contributed by atoms with E-state index in [-0.39, 0.29) is 0 Å². The van der Waals surface area contributed by atoms with E-state index in [2.05, 4.69) is 89.9 Å². The highest BCUT2D eigenvalue weighted by Crippen LogP contribution is 2.46. The molecule has 1 N–H and O–H groups in total. The largest absolute Gasteiger partial charge is 0.353 e. The van der Waals surface area contributed by atoms with Crippen molar-refractivity contribution in [3.63, 3.8) is 0 Å². The summed E-state index contributed by atoms with van der Waals surface area (Å²) in [7, 11) is 0. The van der Waals surface area contributed by atoms with Gasteiger partial charge in [-0.1, -0.05) is 78.9 Å². The topological polar surface area (TPSA) is 15.8 Å². The third-order valence-electron chi connectivity index (χ3n) is 5.98. The molecule has 0 aliphatic heterocycles. The van der Waals surface area contributed by atoms with E-state index in [9.17, 15) is 0 Å². The highest BCUT2D eigenvalue weighted by molar-refractivity contribution is 7.27. The second-order valence-corrected chi connectivity index (χ2v) is 8.48. The van der Waals surface area contributed by atoms with Crippen molar-refractivity contribution in [2.45, 2.75) is 0 Å². The number of nitrogens with one attached hydrogen (secondary N) is 1. The lowest BCUT2D eigenvalue weighted by molar-refractivity contribution is 1.58. The quantitative estimate of drug-likeness (QED) is 0.277. The summed E-state index contributed by atoms with van der Waals surface area (Å²) in [5, 5.41) is 10.6. The number of thiophene rings is 1. The van der Waals surface area contributed by atoms with Crippen LogP contribution in [0.3, 0.4) is 0 Å². The molecule has 2 heteroatoms. The van der Waals surface area contributed by atoms with Crippen molar-refractivity contribution in [2.75, 3.05) is 0 Å². The summed E-state index contributed by atoms with van der Waals surface area (Å²) >= 11 is 1.91. The van der Waals surface area contributed by atoms with Crippen molar-refractivity contribution >= 4 is 74.9 Å². The first kappa shape index (κ1) is 14.7. The van der Waals surface area contributed by atoms with E-state index >= 15 is 0 Å². The molecule has 2 aromatic heterocycles. The van der Waals surface area contributed by atoms with E-state index in [1.807, 2.05) is 11.3 Å². The summed E-state index contributed by atoms with van der Waals surface area (Å²) in [6.45, 7) is 0. The van der Waals surface area contributed by atoms with Crippen molar-refractivity contribution in [1.82, 2.24) is 4.98 Å². The predicted octanol–water partition coefficient (Wildman–Crippen LogP) is 8.00. The fourth-order valence-corrected chi connectivity index (χ4v) is 6.03. The van der Waals surface area contributed by atoms with Crippen LogP contribution in [0, 0.1) is 0 Å². The lowest BCUT2D eigenvalue weighted by atomic mass is 9.99. The Balaban J connectivity index is 1.90. The minimum atomic E-state index is 1.24. The summed E-state index contributed by atoms with van der Waals surface area (Å²) in [4.78, 5) is 3.82. The first-order valence-electron chi connectivity index (χ1n) is 9.55. The second kappa shape index (κ2) is 5.12. The van der Waals surface area contributed by atoms with Gasteiger partial charge in [-0.05, 0) is 11.5 Å². The number of aromatic nitrogens is 1. The lowest BCUT2D eigenvalue weighted by Gasteiger charge is -2.04. The third-order valence-corrected chi connectivity index (χ3v) is 7.19. The molecule has 0 aliphatic carbocycles. The average Bonchev–Trinajstić information content (AvgIpc) is 3.33. The summed E-state index contributed by atoms with van der Waals surface area (Å²) < 4.78 is 2.74. The summed E-state index contributed by atoms with van der Waals surface area (Å²) in [6, 6.07) is 30.8. The summed E-state index contributed by atoms with van der Waals surface area (Å²) in [6.07, 6.45) is 0. The van der Waals surface area contributed by atoms with Gasteiger partial charge < -0.3 is 4.98 Å². The van der Waals surface area contributed by atoms with Gasteiger partial charge >= 0.3 is 0 Å². The minimum absolute atomic E-state index is 1.24. The van der Waals surface area contributed by atoms with Crippen molar-refractivity contribution < 1.29 is 0 Å². The van der Waals surface area contributed by atoms with E-state index in [1.54, 1.807) is 0 Å². The Bertz CT molecular complexity index is 1720. The van der Waals surface area contributed by atoms with Gasteiger partial charge in [-0.15, -0.1) is 11.3 Å². The predicted molar refractivity (Wildman–Crippen MR) is 124 cm³/mol. The molecule has 0 spiro atoms. The van der Waals surface area contributed by atoms with Crippen LogP contribution in [0.1, 0.15) is 0 Å². The summed E-state index contributed by atoms with van der Waals surface area (Å²) in [5.74, 6) is 0. The Labute approximate surface area is 164 Å². The Hall–Kier alpha value is -3.36. The Morgan fingerprint density at radius 3 is 2.11 bits per heavy atom. The molecule has 130 valence electrons. The molecule has 7 aromatic rings. The van der Waals surface area contributed by atoms with Gasteiger partial charge in [0.2, 0.25) is 0 Å². The number of rotatable bonds is 0. The molecule has 0 saturated heterocycles. The van der Waals surface area contributed by atoms with Crippen molar-refractivity contribution in [3.8, 4) is 0 Å². The van der Waals surface area contributed by atoms with Crippen molar-refractivity contribution in [1.29, 1.82) is 0 Å². The van der Waals surface area contributed by atoms with Gasteiger partial charge in [-0.25, -0.2) is 0 Å². The molecule has 1 nitrogen and oxygen atoms in total. The highest BCUT2D eigenvalue weighted by atomic mass is 32.1. The van der Waals surface area contributed by atoms with Crippen molar-refractivity contribution in [2.24, 2.45) is 0 Å². The van der Waals surface area contributed by atoms with Gasteiger partial charge in [-0.2, -0.15) is 0 Å². The molecule has 0 amide bonds. The number of hydrogen-bond acceptors (Lipinski definition) is 1. The molecule has 7 rings (SSSR count). The number of benzene rings is 5. The first-order chi connectivity index (χ1) is 13.9. The molecule has 2 heterocycles. The molecular weight excluding hydrogens is 358 g/mol. The van der Waals surface area contributed by atoms with Crippen LogP contribution in [0.4, 0.5) is 0 Å². The number of fused-ring (bicyclic) bond motifs is 12. The maximum Gasteiger partial charge on any atom is 0.0552 e. The summed E-state index contributed by atoms with van der Waals surface area (Å²) in [5.41, 5.74) is 2.49. The lowest BCUT2D eigenvalue weighted by Crippen LogP contribution is -1.77. The van der Waals surface area contributed by atoms with Gasteiger partial charge in [0.05, 0.1) is 11.0 Å². The maximum atomic E-state index is 3.82. The van der Waals surface area contributed by atoms with Gasteiger partial charge in [0.15, 0.2) is 0 Å². The smallest absolute Gasteiger partial charge is 0.0552 e. The molecule has 28 heavy (non-hydrogen) atoms. The number of H-pyrrole nitrogens is 1. The fourth-order valence-electron chi connectivity index (χ4n) is 4.78. The van der Waals surface area contributed by atoms with E-state index in [0.717, 1.165) is 0 Å². The van der Waals surface area contributed by atoms with Gasteiger partial charge in [0.1, 0.15) is 0 Å². The van der Waals surface area contributed by atoms with Crippen LogP contribution < -0.4 is 0 Å². The molecule has 0 atom stereocenters. The zero-order valence-corrected chi connectivity index (χ0v) is 15.8. The van der Waals surface area contributed by atoms with Crippen LogP contribution in [-0.4, -0.2) is 4.98 Å². The molecule has 0 bridgehead atoms. The van der Waals surface area contributed by atoms with Crippen LogP contribution in [0.5, 0.6) is 0 Å². The van der Waals surface area contributed by atoms with E-state index in [4.69, 9.17) is 0 Å². The number of aromatic amines is 1. The van der Waals surface area contributed by atoms with Gasteiger partial charge in [0, 0.05) is 47.1 Å². The Morgan fingerprint density at radius 2 is 1.21 bits per heavy atom. The average molecular weight is 373 g/mol. The standard InChI is InChI=1S/C26H15NS/c1-2-8-16-15(7-1)13-14-20-22-23-19-11-5-6-12-21(19)28-26(23)18-10-4-3-9-17(18)25(22)27-24(16)20/h1-14,27H. The zero-order valence-electron chi connectivity index (χ0n) is 15.0. The van der Waals surface area contributed by atoms with E-state index in [1.165, 1.54) is 63.5 Å². The third kappa shape index (κ3) is 1.71. The maximum absolute atomic E-state index is 3.82. The molecule has 0 fully saturated rings. The van der Waals surface area contributed by atoms with Gasteiger partial charge in [-0.3, -0.25) is 0 Å². The van der Waals surface area contributed by atoms with Crippen LogP contribution in [-0.2, 0) is 0 Å². The van der Waals surface area contributed by atoms with Crippen LogP contribution in [0.25, 0.3) is 63.5 Å². The SMILES string of the molecule is c1ccc2c(c1)ccc1c2[nH]c2c3ccccc3c3sc4ccccc4c3c12. The van der Waals surface area contributed by atoms with Gasteiger partial charge in [0.25, 0.3) is 0 Å². The van der Waals surface area contributed by atoms with Crippen LogP contribution >= 0.6 is 11.3 Å². The second-order valence-electron chi connectivity index (χ2n) is 7.43.